The van der Waals surface area contributed by atoms with Crippen molar-refractivity contribution >= 4 is 8.32 Å². The lowest BCUT2D eigenvalue weighted by Gasteiger charge is -2.39. The van der Waals surface area contributed by atoms with Gasteiger partial charge in [-0.15, -0.1) is 0 Å². The quantitative estimate of drug-likeness (QED) is 0.809. The van der Waals surface area contributed by atoms with E-state index in [2.05, 4.69) is 33.9 Å². The van der Waals surface area contributed by atoms with Gasteiger partial charge in [-0.3, -0.25) is 0 Å². The second-order valence-electron chi connectivity index (χ2n) is 7.65. The summed E-state index contributed by atoms with van der Waals surface area (Å²) in [5, 5.41) is 9.63. The van der Waals surface area contributed by atoms with Crippen LogP contribution in [0.5, 0.6) is 0 Å². The highest BCUT2D eigenvalue weighted by Gasteiger charge is 2.51. The second-order valence-corrected chi connectivity index (χ2v) is 12.5. The van der Waals surface area contributed by atoms with Gasteiger partial charge in [-0.05, 0) is 38.9 Å². The number of rotatable bonds is 4. The molecule has 1 heterocycles. The van der Waals surface area contributed by atoms with E-state index in [1.165, 1.54) is 0 Å². The van der Waals surface area contributed by atoms with Crippen molar-refractivity contribution in [3.8, 4) is 0 Å². The van der Waals surface area contributed by atoms with Gasteiger partial charge in [0, 0.05) is 0 Å². The summed E-state index contributed by atoms with van der Waals surface area (Å²) in [7, 11) is -1.83. The molecule has 0 aromatic carbocycles. The van der Waals surface area contributed by atoms with Crippen LogP contribution in [0.4, 0.5) is 0 Å². The maximum atomic E-state index is 9.47. The number of hydrogen-bond acceptors (Lipinski definition) is 4. The molecule has 1 aliphatic rings. The molecule has 1 N–H and O–H groups in total. The first-order valence-electron chi connectivity index (χ1n) is 6.96. The highest BCUT2D eigenvalue weighted by Crippen LogP contribution is 2.40. The fourth-order valence-corrected chi connectivity index (χ4v) is 3.09. The highest BCUT2D eigenvalue weighted by molar-refractivity contribution is 6.74. The molecule has 0 aromatic rings. The Bertz CT molecular complexity index is 322. The molecule has 2 atom stereocenters. The van der Waals surface area contributed by atoms with Gasteiger partial charge in [0.15, 0.2) is 14.1 Å². The molecule has 4 nitrogen and oxygen atoms in total. The minimum Gasteiger partial charge on any atom is -0.414 e. The van der Waals surface area contributed by atoms with Gasteiger partial charge in [0.25, 0.3) is 0 Å². The van der Waals surface area contributed by atoms with Crippen molar-refractivity contribution in [3.63, 3.8) is 0 Å². The third-order valence-corrected chi connectivity index (χ3v) is 8.76. The van der Waals surface area contributed by atoms with Crippen LogP contribution in [-0.2, 0) is 13.9 Å². The third-order valence-electron chi connectivity index (χ3n) is 4.28. The zero-order valence-electron chi connectivity index (χ0n) is 13.7. The summed E-state index contributed by atoms with van der Waals surface area (Å²) in [6.07, 6.45) is -0.340. The van der Waals surface area contributed by atoms with Crippen molar-refractivity contribution in [2.24, 2.45) is 0 Å². The van der Waals surface area contributed by atoms with E-state index in [1.54, 1.807) is 0 Å². The predicted molar refractivity (Wildman–Crippen MR) is 78.7 cm³/mol. The molecule has 0 aromatic heterocycles. The lowest BCUT2D eigenvalue weighted by molar-refractivity contribution is -0.166. The van der Waals surface area contributed by atoms with Crippen molar-refractivity contribution in [1.29, 1.82) is 0 Å². The summed E-state index contributed by atoms with van der Waals surface area (Å²) in [4.78, 5) is 0. The largest absolute Gasteiger partial charge is 0.414 e. The standard InChI is InChI=1S/C14H30O4Si/c1-12(2,3)19(7,8)16-10-14(6)11(9-15)17-13(4,5)18-14/h11,15H,9-10H2,1-8H3/t11-,14+/m1/s1. The van der Waals surface area contributed by atoms with Crippen LogP contribution in [-0.4, -0.2) is 44.1 Å². The molecule has 0 unspecified atom stereocenters. The maximum absolute atomic E-state index is 9.47. The number of ether oxygens (including phenoxy) is 2. The van der Waals surface area contributed by atoms with Gasteiger partial charge >= 0.3 is 0 Å². The Kier molecular flexibility index (Phi) is 4.60. The predicted octanol–water partition coefficient (Wildman–Crippen LogP) is 2.91. The molecule has 1 rings (SSSR count). The maximum Gasteiger partial charge on any atom is 0.192 e. The zero-order valence-corrected chi connectivity index (χ0v) is 14.7. The van der Waals surface area contributed by atoms with Crippen LogP contribution in [0, 0.1) is 0 Å². The normalized spacial score (nSPS) is 31.7. The Balaban J connectivity index is 2.76. The summed E-state index contributed by atoms with van der Waals surface area (Å²) in [6, 6.07) is 0. The van der Waals surface area contributed by atoms with Gasteiger partial charge in [0.2, 0.25) is 0 Å². The van der Waals surface area contributed by atoms with Gasteiger partial charge in [-0.25, -0.2) is 0 Å². The fourth-order valence-electron chi connectivity index (χ4n) is 2.01. The molecule has 0 saturated carbocycles. The van der Waals surface area contributed by atoms with E-state index in [9.17, 15) is 5.11 Å². The Morgan fingerprint density at radius 2 is 1.74 bits per heavy atom. The van der Waals surface area contributed by atoms with Gasteiger partial charge in [-0.1, -0.05) is 20.8 Å². The van der Waals surface area contributed by atoms with Gasteiger partial charge < -0.3 is 19.0 Å². The topological polar surface area (TPSA) is 47.9 Å². The first kappa shape index (κ1) is 17.1. The van der Waals surface area contributed by atoms with Crippen LogP contribution in [0.15, 0.2) is 0 Å². The Labute approximate surface area is 118 Å². The summed E-state index contributed by atoms with van der Waals surface area (Å²) >= 11 is 0. The summed E-state index contributed by atoms with van der Waals surface area (Å²) in [5.74, 6) is -0.668. The van der Waals surface area contributed by atoms with E-state index < -0.39 is 19.7 Å². The summed E-state index contributed by atoms with van der Waals surface area (Å²) in [5.41, 5.74) is -0.590. The molecule has 0 spiro atoms. The molecule has 5 heteroatoms. The molecule has 0 radical (unpaired) electrons. The van der Waals surface area contributed by atoms with Gasteiger partial charge in [0.05, 0.1) is 13.2 Å². The SMILES string of the molecule is CC1(C)O[C@H](CO)[C@](C)(CO[Si](C)(C)C(C)(C)C)O1. The van der Waals surface area contributed by atoms with E-state index >= 15 is 0 Å². The van der Waals surface area contributed by atoms with Gasteiger partial charge in [-0.2, -0.15) is 0 Å². The Morgan fingerprint density at radius 1 is 1.21 bits per heavy atom. The van der Waals surface area contributed by atoms with E-state index in [4.69, 9.17) is 13.9 Å². The molecule has 19 heavy (non-hydrogen) atoms. The molecule has 0 bridgehead atoms. The lowest BCUT2D eigenvalue weighted by atomic mass is 10.0. The highest BCUT2D eigenvalue weighted by atomic mass is 28.4. The smallest absolute Gasteiger partial charge is 0.192 e. The van der Waals surface area contributed by atoms with Crippen molar-refractivity contribution in [2.45, 2.75) is 77.2 Å². The molecule has 0 amide bonds. The van der Waals surface area contributed by atoms with Crippen molar-refractivity contribution < 1.29 is 19.0 Å². The van der Waals surface area contributed by atoms with E-state index in [1.807, 2.05) is 20.8 Å². The van der Waals surface area contributed by atoms with Crippen LogP contribution >= 0.6 is 0 Å². The van der Waals surface area contributed by atoms with E-state index in [0.717, 1.165) is 0 Å². The third kappa shape index (κ3) is 3.79. The molecular weight excluding hydrogens is 260 g/mol. The zero-order chi connectivity index (χ0) is 15.1. The molecule has 114 valence electrons. The monoisotopic (exact) mass is 290 g/mol. The number of aliphatic hydroxyl groups excluding tert-OH is 1. The minimum atomic E-state index is -1.83. The van der Waals surface area contributed by atoms with Crippen molar-refractivity contribution in [1.82, 2.24) is 0 Å². The van der Waals surface area contributed by atoms with Crippen LogP contribution in [0.25, 0.3) is 0 Å². The van der Waals surface area contributed by atoms with Crippen LogP contribution < -0.4 is 0 Å². The summed E-state index contributed by atoms with van der Waals surface area (Å²) < 4.78 is 17.9. The van der Waals surface area contributed by atoms with Crippen LogP contribution in [0.2, 0.25) is 18.1 Å². The van der Waals surface area contributed by atoms with Crippen molar-refractivity contribution in [3.05, 3.63) is 0 Å². The number of hydrogen-bond donors (Lipinski definition) is 1. The van der Waals surface area contributed by atoms with E-state index in [-0.39, 0.29) is 17.7 Å². The van der Waals surface area contributed by atoms with E-state index in [0.29, 0.717) is 6.61 Å². The minimum absolute atomic E-state index is 0.0548. The molecule has 1 aliphatic heterocycles. The molecular formula is C14H30O4Si. The molecule has 0 aliphatic carbocycles. The van der Waals surface area contributed by atoms with Gasteiger partial charge in [0.1, 0.15) is 11.7 Å². The first-order valence-corrected chi connectivity index (χ1v) is 9.87. The van der Waals surface area contributed by atoms with Crippen molar-refractivity contribution in [2.75, 3.05) is 13.2 Å². The average molecular weight is 290 g/mol. The van der Waals surface area contributed by atoms with Crippen LogP contribution in [0.1, 0.15) is 41.5 Å². The second kappa shape index (κ2) is 5.11. The first-order chi connectivity index (χ1) is 8.33. The Morgan fingerprint density at radius 3 is 2.16 bits per heavy atom. The average Bonchev–Trinajstić information content (AvgIpc) is 2.44. The summed E-state index contributed by atoms with van der Waals surface area (Å²) in [6.45, 7) is 17.1. The Hall–Kier alpha value is 0.0569. The molecule has 1 saturated heterocycles. The van der Waals surface area contributed by atoms with Crippen LogP contribution in [0.3, 0.4) is 0 Å². The lowest BCUT2D eigenvalue weighted by Crippen LogP contribution is -2.49. The fraction of sp³-hybridized carbons (Fsp3) is 1.00. The number of aliphatic hydroxyl groups is 1. The molecule has 1 fully saturated rings.